The van der Waals surface area contributed by atoms with Crippen LogP contribution in [0, 0.1) is 24.0 Å². The third-order valence-electron chi connectivity index (χ3n) is 4.47. The van der Waals surface area contributed by atoms with Crippen LogP contribution in [0.5, 0.6) is 0 Å². The van der Waals surface area contributed by atoms with Gasteiger partial charge in [0.25, 0.3) is 0 Å². The van der Waals surface area contributed by atoms with Gasteiger partial charge in [-0.25, -0.2) is 11.1 Å². The summed E-state index contributed by atoms with van der Waals surface area (Å²) in [6, 6.07) is 0. The Labute approximate surface area is 156 Å². The van der Waals surface area contributed by atoms with Crippen molar-refractivity contribution in [3.63, 3.8) is 0 Å². The molecule has 0 aliphatic heterocycles. The molecule has 0 nitrogen and oxygen atoms in total. The van der Waals surface area contributed by atoms with Gasteiger partial charge in [-0.3, -0.25) is 12.2 Å². The van der Waals surface area contributed by atoms with E-state index in [1.54, 1.807) is 0 Å². The molecule has 2 aliphatic rings. The SMILES string of the molecule is CC1=[C-]C(C)C(C)=C1C.CC1=[C-]C(C)C(C)=C1C.C[SiH]C.[Ti+2]. The zero-order valence-corrected chi connectivity index (χ0v) is 18.9. The first-order valence-corrected chi connectivity index (χ1v) is 10.3. The van der Waals surface area contributed by atoms with E-state index < -0.39 is 0 Å². The molecule has 2 atom stereocenters. The summed E-state index contributed by atoms with van der Waals surface area (Å²) >= 11 is 0. The zero-order valence-electron chi connectivity index (χ0n) is 16.2. The number of rotatable bonds is 0. The minimum Gasteiger partial charge on any atom is -0.266 e. The Morgan fingerprint density at radius 3 is 0.955 bits per heavy atom. The second-order valence-electron chi connectivity index (χ2n) is 6.18. The Morgan fingerprint density at radius 2 is 0.909 bits per heavy atom. The van der Waals surface area contributed by atoms with Gasteiger partial charge in [0.15, 0.2) is 0 Å². The molecular formula is C20H33SiTi. The Balaban J connectivity index is 0. The molecular weight excluding hydrogens is 316 g/mol. The summed E-state index contributed by atoms with van der Waals surface area (Å²) in [6.07, 6.45) is 6.72. The Kier molecular flexibility index (Phi) is 12.5. The van der Waals surface area contributed by atoms with Gasteiger partial charge in [0.1, 0.15) is 0 Å². The normalized spacial score (nSPS) is 23.0. The van der Waals surface area contributed by atoms with Gasteiger partial charge in [-0.05, 0) is 0 Å². The molecule has 0 spiro atoms. The molecule has 2 rings (SSSR count). The molecule has 2 heteroatoms. The van der Waals surface area contributed by atoms with E-state index in [2.05, 4.69) is 80.6 Å². The standard InChI is InChI=1S/2C9H13.C2H7Si.Ti/c2*1-6-5-7(2)9(4)8(6)3;1-3-2;/h2*6H,1-4H3;3H,1-2H3;/q2*-1;;+2. The zero-order chi connectivity index (χ0) is 16.7. The van der Waals surface area contributed by atoms with Crippen LogP contribution in [0.2, 0.25) is 13.1 Å². The van der Waals surface area contributed by atoms with E-state index in [0.717, 1.165) is 9.52 Å². The molecule has 0 heterocycles. The van der Waals surface area contributed by atoms with E-state index >= 15 is 0 Å². The van der Waals surface area contributed by atoms with Crippen molar-refractivity contribution in [3.05, 3.63) is 45.6 Å². The molecule has 121 valence electrons. The van der Waals surface area contributed by atoms with Crippen LogP contribution in [0.15, 0.2) is 33.4 Å². The van der Waals surface area contributed by atoms with Gasteiger partial charge in [0.2, 0.25) is 0 Å². The Morgan fingerprint density at radius 1 is 0.682 bits per heavy atom. The van der Waals surface area contributed by atoms with Crippen molar-refractivity contribution in [2.24, 2.45) is 11.8 Å². The molecule has 0 saturated carbocycles. The number of hydrogen-bond donors (Lipinski definition) is 0. The Bertz CT molecular complexity index is 434. The summed E-state index contributed by atoms with van der Waals surface area (Å²) in [5.74, 6) is 1.12. The van der Waals surface area contributed by atoms with Crippen molar-refractivity contribution in [2.75, 3.05) is 0 Å². The second-order valence-corrected chi connectivity index (χ2v) is 7.33. The molecule has 0 amide bonds. The van der Waals surface area contributed by atoms with E-state index in [1.165, 1.54) is 33.4 Å². The number of hydrogen-bond acceptors (Lipinski definition) is 0. The average molecular weight is 349 g/mol. The minimum absolute atomic E-state index is 0. The fourth-order valence-electron chi connectivity index (χ4n) is 2.32. The van der Waals surface area contributed by atoms with E-state index in [-0.39, 0.29) is 21.7 Å². The van der Waals surface area contributed by atoms with Gasteiger partial charge in [0, 0.05) is 9.52 Å². The van der Waals surface area contributed by atoms with E-state index in [4.69, 9.17) is 0 Å². The van der Waals surface area contributed by atoms with E-state index in [1.807, 2.05) is 0 Å². The van der Waals surface area contributed by atoms with Crippen LogP contribution in [-0.4, -0.2) is 9.52 Å². The van der Waals surface area contributed by atoms with Crippen LogP contribution in [0.1, 0.15) is 55.4 Å². The second kappa shape index (κ2) is 11.4. The van der Waals surface area contributed by atoms with Gasteiger partial charge >= 0.3 is 21.7 Å². The predicted molar refractivity (Wildman–Crippen MR) is 98.8 cm³/mol. The predicted octanol–water partition coefficient (Wildman–Crippen LogP) is 5.96. The molecule has 2 unspecified atom stereocenters. The Hall–Kier alpha value is -0.109. The van der Waals surface area contributed by atoms with Crippen molar-refractivity contribution in [1.29, 1.82) is 0 Å². The summed E-state index contributed by atoms with van der Waals surface area (Å²) < 4.78 is 0. The summed E-state index contributed by atoms with van der Waals surface area (Å²) in [6.45, 7) is 21.8. The molecule has 0 saturated heterocycles. The van der Waals surface area contributed by atoms with Crippen molar-refractivity contribution < 1.29 is 21.7 Å². The third-order valence-corrected chi connectivity index (χ3v) is 4.47. The van der Waals surface area contributed by atoms with E-state index in [9.17, 15) is 0 Å². The maximum absolute atomic E-state index is 3.36. The monoisotopic (exact) mass is 349 g/mol. The van der Waals surface area contributed by atoms with Crippen LogP contribution in [0.4, 0.5) is 0 Å². The van der Waals surface area contributed by atoms with Gasteiger partial charge in [0.05, 0.1) is 0 Å². The van der Waals surface area contributed by atoms with Gasteiger partial charge in [-0.2, -0.15) is 22.3 Å². The summed E-state index contributed by atoms with van der Waals surface area (Å²) in [7, 11) is 0.750. The molecule has 0 N–H and O–H groups in total. The fourth-order valence-corrected chi connectivity index (χ4v) is 2.32. The molecule has 0 aromatic rings. The van der Waals surface area contributed by atoms with E-state index in [0.29, 0.717) is 11.8 Å². The molecule has 0 fully saturated rings. The topological polar surface area (TPSA) is 0 Å². The average Bonchev–Trinajstić information content (AvgIpc) is 2.77. The van der Waals surface area contributed by atoms with Crippen molar-refractivity contribution in [3.8, 4) is 0 Å². The molecule has 1 radical (unpaired) electrons. The summed E-state index contributed by atoms with van der Waals surface area (Å²) in [5, 5.41) is 0. The number of allylic oxidation sites excluding steroid dienone is 8. The van der Waals surface area contributed by atoms with Gasteiger partial charge in [-0.15, -0.1) is 13.8 Å². The molecule has 0 aromatic heterocycles. The fraction of sp³-hybridized carbons (Fsp3) is 0.600. The quantitative estimate of drug-likeness (QED) is 0.374. The van der Waals surface area contributed by atoms with Crippen LogP contribution < -0.4 is 0 Å². The van der Waals surface area contributed by atoms with Crippen LogP contribution >= 0.6 is 0 Å². The van der Waals surface area contributed by atoms with Gasteiger partial charge < -0.3 is 0 Å². The smallest absolute Gasteiger partial charge is 0.266 e. The summed E-state index contributed by atoms with van der Waals surface area (Å²) in [5.41, 5.74) is 8.49. The largest absolute Gasteiger partial charge is 2.00 e. The van der Waals surface area contributed by atoms with Crippen LogP contribution in [0.25, 0.3) is 0 Å². The molecule has 0 bridgehead atoms. The first-order chi connectivity index (χ1) is 9.67. The minimum atomic E-state index is 0. The molecule has 0 aromatic carbocycles. The maximum Gasteiger partial charge on any atom is 2.00 e. The maximum atomic E-state index is 3.36. The van der Waals surface area contributed by atoms with Crippen molar-refractivity contribution in [1.82, 2.24) is 0 Å². The molecule has 22 heavy (non-hydrogen) atoms. The van der Waals surface area contributed by atoms with Crippen molar-refractivity contribution in [2.45, 2.75) is 68.5 Å². The first kappa shape index (κ1) is 24.1. The van der Waals surface area contributed by atoms with Crippen LogP contribution in [0.3, 0.4) is 0 Å². The van der Waals surface area contributed by atoms with Crippen molar-refractivity contribution >= 4 is 9.52 Å². The van der Waals surface area contributed by atoms with Crippen LogP contribution in [-0.2, 0) is 21.7 Å². The van der Waals surface area contributed by atoms with Gasteiger partial charge in [-0.1, -0.05) is 66.5 Å². The first-order valence-electron chi connectivity index (χ1n) is 7.96. The molecule has 2 aliphatic carbocycles. The third kappa shape index (κ3) is 6.98. The summed E-state index contributed by atoms with van der Waals surface area (Å²) in [4.78, 5) is 0.